The molecule has 0 bridgehead atoms. The molecule has 27 heavy (non-hydrogen) atoms. The highest BCUT2D eigenvalue weighted by atomic mass is 127. The Balaban J connectivity index is 1.72. The third kappa shape index (κ3) is 4.89. The van der Waals surface area contributed by atoms with E-state index >= 15 is 0 Å². The van der Waals surface area contributed by atoms with Crippen molar-refractivity contribution in [1.29, 1.82) is 0 Å². The smallest absolute Gasteiger partial charge is 0.323 e. The van der Waals surface area contributed by atoms with Gasteiger partial charge in [-0.2, -0.15) is 0 Å². The number of carbonyl (C=O) groups is 3. The number of rotatable bonds is 6. The number of halogens is 1. The monoisotopic (exact) mass is 495 g/mol. The highest BCUT2D eigenvalue weighted by molar-refractivity contribution is 14.1. The summed E-state index contributed by atoms with van der Waals surface area (Å²) < 4.78 is 6.68. The first-order valence-corrected chi connectivity index (χ1v) is 9.77. The van der Waals surface area contributed by atoms with E-state index in [0.29, 0.717) is 6.61 Å². The van der Waals surface area contributed by atoms with Gasteiger partial charge in [-0.1, -0.05) is 36.4 Å². The topological polar surface area (TPSA) is 83.9 Å². The number of nitrogens with zero attached hydrogens (tertiary/aromatic N) is 1. The average Bonchev–Trinajstić information content (AvgIpc) is 2.89. The number of hydrogen-bond donors (Lipinski definition) is 1. The second-order valence-corrected chi connectivity index (χ2v) is 7.78. The van der Waals surface area contributed by atoms with Gasteiger partial charge >= 0.3 is 5.97 Å². The van der Waals surface area contributed by atoms with Gasteiger partial charge in [-0.15, -0.1) is 0 Å². The standard InChI is InChI=1S/C19H14INO5S/c20-14-8-13(6-7-15(14)26-11-12-4-2-1-3-5-12)9-16-18(24)21(10-17(22)23)19(25)27-16/h1-9H,10-11H2,(H,22,23)/b16-9+. The first-order valence-electron chi connectivity index (χ1n) is 7.87. The molecule has 1 saturated heterocycles. The molecular formula is C19H14INO5S. The molecule has 2 aromatic rings. The van der Waals surface area contributed by atoms with E-state index in [2.05, 4.69) is 22.6 Å². The number of benzene rings is 2. The summed E-state index contributed by atoms with van der Waals surface area (Å²) in [5, 5.41) is 8.22. The van der Waals surface area contributed by atoms with Crippen molar-refractivity contribution in [2.45, 2.75) is 6.61 Å². The zero-order chi connectivity index (χ0) is 19.4. The Kier molecular flexibility index (Phi) is 6.17. The first kappa shape index (κ1) is 19.4. The lowest BCUT2D eigenvalue weighted by Crippen LogP contribution is -2.33. The van der Waals surface area contributed by atoms with Gasteiger partial charge in [0.1, 0.15) is 18.9 Å². The van der Waals surface area contributed by atoms with Gasteiger partial charge in [0.05, 0.1) is 8.48 Å². The number of ether oxygens (including phenoxy) is 1. The molecule has 3 rings (SSSR count). The van der Waals surface area contributed by atoms with Crippen LogP contribution in [0.2, 0.25) is 0 Å². The fourth-order valence-corrected chi connectivity index (χ4v) is 3.92. The highest BCUT2D eigenvalue weighted by Gasteiger charge is 2.36. The molecule has 0 unspecified atom stereocenters. The number of carbonyl (C=O) groups excluding carboxylic acids is 2. The van der Waals surface area contributed by atoms with Crippen LogP contribution < -0.4 is 4.74 Å². The molecule has 0 aromatic heterocycles. The third-order valence-electron chi connectivity index (χ3n) is 3.66. The molecule has 2 aromatic carbocycles. The van der Waals surface area contributed by atoms with E-state index in [4.69, 9.17) is 9.84 Å². The second kappa shape index (κ2) is 8.57. The predicted octanol–water partition coefficient (Wildman–Crippen LogP) is 3.99. The largest absolute Gasteiger partial charge is 0.488 e. The third-order valence-corrected chi connectivity index (χ3v) is 5.41. The van der Waals surface area contributed by atoms with Gasteiger partial charge in [0.25, 0.3) is 11.1 Å². The molecule has 6 nitrogen and oxygen atoms in total. The number of thioether (sulfide) groups is 1. The molecule has 1 aliphatic heterocycles. The number of carboxylic acids is 1. The molecule has 1 N–H and O–H groups in total. The van der Waals surface area contributed by atoms with Crippen LogP contribution in [-0.2, 0) is 16.2 Å². The van der Waals surface area contributed by atoms with E-state index in [0.717, 1.165) is 37.1 Å². The number of amides is 2. The second-order valence-electron chi connectivity index (χ2n) is 5.63. The molecule has 0 saturated carbocycles. The molecule has 8 heteroatoms. The van der Waals surface area contributed by atoms with Crippen molar-refractivity contribution in [3.63, 3.8) is 0 Å². The van der Waals surface area contributed by atoms with Crippen molar-refractivity contribution >= 4 is 57.5 Å². The lowest BCUT2D eigenvalue weighted by atomic mass is 10.2. The van der Waals surface area contributed by atoms with Gasteiger partial charge in [-0.05, 0) is 63.7 Å². The lowest BCUT2D eigenvalue weighted by molar-refractivity contribution is -0.140. The molecule has 0 atom stereocenters. The zero-order valence-electron chi connectivity index (χ0n) is 13.9. The van der Waals surface area contributed by atoms with Gasteiger partial charge in [0.15, 0.2) is 0 Å². The quantitative estimate of drug-likeness (QED) is 0.482. The predicted molar refractivity (Wildman–Crippen MR) is 110 cm³/mol. The molecule has 138 valence electrons. The Morgan fingerprint density at radius 1 is 1.19 bits per heavy atom. The fraction of sp³-hybridized carbons (Fsp3) is 0.105. The van der Waals surface area contributed by atoms with Crippen LogP contribution >= 0.6 is 34.4 Å². The Labute approximate surface area is 173 Å². The summed E-state index contributed by atoms with van der Waals surface area (Å²) in [6.45, 7) is -0.184. The molecule has 0 spiro atoms. The molecule has 1 fully saturated rings. The van der Waals surface area contributed by atoms with Gasteiger partial charge < -0.3 is 9.84 Å². The van der Waals surface area contributed by atoms with Gasteiger partial charge in [0, 0.05) is 0 Å². The van der Waals surface area contributed by atoms with Crippen LogP contribution in [0.1, 0.15) is 11.1 Å². The Hall–Kier alpha value is -2.33. The number of imide groups is 1. The fourth-order valence-electron chi connectivity index (χ4n) is 2.38. The summed E-state index contributed by atoms with van der Waals surface area (Å²) >= 11 is 2.88. The highest BCUT2D eigenvalue weighted by Crippen LogP contribution is 2.33. The minimum Gasteiger partial charge on any atom is -0.488 e. The normalized spacial score (nSPS) is 15.4. The van der Waals surface area contributed by atoms with Crippen LogP contribution in [0, 0.1) is 3.57 Å². The molecule has 2 amide bonds. The number of aliphatic carboxylic acids is 1. The van der Waals surface area contributed by atoms with Gasteiger partial charge in [0.2, 0.25) is 0 Å². The van der Waals surface area contributed by atoms with E-state index in [1.165, 1.54) is 0 Å². The summed E-state index contributed by atoms with van der Waals surface area (Å²) in [5.74, 6) is -1.10. The molecular weight excluding hydrogens is 481 g/mol. The Morgan fingerprint density at radius 2 is 1.93 bits per heavy atom. The molecule has 0 radical (unpaired) electrons. The first-order chi connectivity index (χ1) is 12.9. The average molecular weight is 495 g/mol. The van der Waals surface area contributed by atoms with Crippen LogP contribution in [-0.4, -0.2) is 33.7 Å². The van der Waals surface area contributed by atoms with Gasteiger partial charge in [-0.3, -0.25) is 19.3 Å². The lowest BCUT2D eigenvalue weighted by Gasteiger charge is -2.09. The van der Waals surface area contributed by atoms with Crippen molar-refractivity contribution < 1.29 is 24.2 Å². The summed E-state index contributed by atoms with van der Waals surface area (Å²) in [5.41, 5.74) is 1.79. The van der Waals surface area contributed by atoms with Gasteiger partial charge in [-0.25, -0.2) is 0 Å². The van der Waals surface area contributed by atoms with Crippen LogP contribution in [0.4, 0.5) is 4.79 Å². The summed E-state index contributed by atoms with van der Waals surface area (Å²) in [7, 11) is 0. The maximum absolute atomic E-state index is 12.2. The van der Waals surface area contributed by atoms with Crippen LogP contribution in [0.3, 0.4) is 0 Å². The van der Waals surface area contributed by atoms with Crippen molar-refractivity contribution in [2.24, 2.45) is 0 Å². The van der Waals surface area contributed by atoms with E-state index < -0.39 is 23.7 Å². The Morgan fingerprint density at radius 3 is 2.59 bits per heavy atom. The van der Waals surface area contributed by atoms with Crippen LogP contribution in [0.15, 0.2) is 53.4 Å². The van der Waals surface area contributed by atoms with E-state index in [1.807, 2.05) is 36.4 Å². The zero-order valence-corrected chi connectivity index (χ0v) is 16.9. The van der Waals surface area contributed by atoms with Crippen LogP contribution in [0.5, 0.6) is 5.75 Å². The van der Waals surface area contributed by atoms with Crippen molar-refractivity contribution in [1.82, 2.24) is 4.90 Å². The SMILES string of the molecule is O=C(O)CN1C(=O)S/C(=C/c2ccc(OCc3ccccc3)c(I)c2)C1=O. The van der Waals surface area contributed by atoms with E-state index in [1.54, 1.807) is 18.2 Å². The minimum absolute atomic E-state index is 0.204. The van der Waals surface area contributed by atoms with E-state index in [9.17, 15) is 14.4 Å². The minimum atomic E-state index is -1.23. The molecule has 1 aliphatic rings. The Bertz CT molecular complexity index is 929. The molecule has 1 heterocycles. The van der Waals surface area contributed by atoms with E-state index in [-0.39, 0.29) is 4.91 Å². The molecule has 0 aliphatic carbocycles. The summed E-state index contributed by atoms with van der Waals surface area (Å²) in [4.78, 5) is 35.7. The van der Waals surface area contributed by atoms with Crippen molar-refractivity contribution in [3.05, 3.63) is 68.1 Å². The van der Waals surface area contributed by atoms with Crippen molar-refractivity contribution in [3.8, 4) is 5.75 Å². The summed E-state index contributed by atoms with van der Waals surface area (Å²) in [6.07, 6.45) is 1.58. The van der Waals surface area contributed by atoms with Crippen LogP contribution in [0.25, 0.3) is 6.08 Å². The van der Waals surface area contributed by atoms with Crippen molar-refractivity contribution in [2.75, 3.05) is 6.54 Å². The maximum atomic E-state index is 12.2. The summed E-state index contributed by atoms with van der Waals surface area (Å²) in [6, 6.07) is 15.2. The number of carboxylic acid groups (broad SMARTS) is 1. The number of hydrogen-bond acceptors (Lipinski definition) is 5. The maximum Gasteiger partial charge on any atom is 0.323 e.